The van der Waals surface area contributed by atoms with Crippen LogP contribution in [0, 0.1) is 0 Å². The number of aliphatic hydroxyl groups excluding tert-OH is 1. The zero-order valence-electron chi connectivity index (χ0n) is 10.7. The molecule has 3 aromatic heterocycles. The van der Waals surface area contributed by atoms with Gasteiger partial charge < -0.3 is 14.7 Å². The molecule has 0 amide bonds. The van der Waals surface area contributed by atoms with Crippen LogP contribution in [0.3, 0.4) is 0 Å². The van der Waals surface area contributed by atoms with Gasteiger partial charge in [0, 0.05) is 35.4 Å². The number of aliphatic hydroxyl groups is 1. The van der Waals surface area contributed by atoms with Crippen LogP contribution in [-0.4, -0.2) is 25.7 Å². The van der Waals surface area contributed by atoms with Crippen molar-refractivity contribution in [3.63, 3.8) is 0 Å². The lowest BCUT2D eigenvalue weighted by atomic mass is 9.93. The Kier molecular flexibility index (Phi) is 2.38. The number of pyridine rings is 1. The summed E-state index contributed by atoms with van der Waals surface area (Å²) in [6, 6.07) is 4.74. The molecule has 4 nitrogen and oxygen atoms in total. The van der Waals surface area contributed by atoms with Crippen molar-refractivity contribution >= 4 is 21.9 Å². The number of hydrogen-bond donors (Lipinski definition) is 2. The first-order chi connectivity index (χ1) is 9.33. The highest BCUT2D eigenvalue weighted by Gasteiger charge is 2.22. The molecule has 1 aliphatic rings. The Morgan fingerprint density at radius 3 is 2.89 bits per heavy atom. The highest BCUT2D eigenvalue weighted by molar-refractivity contribution is 6.02. The van der Waals surface area contributed by atoms with E-state index in [0.717, 1.165) is 31.3 Å². The Labute approximate surface area is 111 Å². The van der Waals surface area contributed by atoms with Crippen molar-refractivity contribution in [2.24, 2.45) is 0 Å². The monoisotopic (exact) mass is 255 g/mol. The van der Waals surface area contributed by atoms with E-state index in [1.807, 2.05) is 12.4 Å². The molecule has 3 aromatic rings. The van der Waals surface area contributed by atoms with Gasteiger partial charge >= 0.3 is 0 Å². The van der Waals surface area contributed by atoms with Crippen molar-refractivity contribution in [3.8, 4) is 0 Å². The summed E-state index contributed by atoms with van der Waals surface area (Å²) in [5.74, 6) is 0. The summed E-state index contributed by atoms with van der Waals surface area (Å²) in [7, 11) is 0. The molecule has 0 aliphatic heterocycles. The lowest BCUT2D eigenvalue weighted by molar-refractivity contribution is 0.111. The molecule has 0 aromatic carbocycles. The number of hydrogen-bond acceptors (Lipinski definition) is 2. The van der Waals surface area contributed by atoms with Gasteiger partial charge in [0.2, 0.25) is 0 Å². The van der Waals surface area contributed by atoms with Gasteiger partial charge in [0.1, 0.15) is 5.65 Å². The molecule has 1 fully saturated rings. The second kappa shape index (κ2) is 4.10. The van der Waals surface area contributed by atoms with Crippen LogP contribution >= 0.6 is 0 Å². The smallest absolute Gasteiger partial charge is 0.139 e. The van der Waals surface area contributed by atoms with Gasteiger partial charge in [-0.3, -0.25) is 0 Å². The zero-order valence-corrected chi connectivity index (χ0v) is 10.7. The minimum absolute atomic E-state index is 0.105. The van der Waals surface area contributed by atoms with Crippen LogP contribution in [-0.2, 0) is 0 Å². The second-order valence-corrected chi connectivity index (χ2v) is 5.49. The Hall–Kier alpha value is -1.81. The molecule has 4 heteroatoms. The van der Waals surface area contributed by atoms with E-state index in [0.29, 0.717) is 6.04 Å². The number of nitrogens with zero attached hydrogens (tertiary/aromatic N) is 2. The maximum Gasteiger partial charge on any atom is 0.139 e. The summed E-state index contributed by atoms with van der Waals surface area (Å²) >= 11 is 0. The first-order valence-electron chi connectivity index (χ1n) is 6.93. The van der Waals surface area contributed by atoms with Gasteiger partial charge in [-0.2, -0.15) is 0 Å². The van der Waals surface area contributed by atoms with Gasteiger partial charge in [-0.1, -0.05) is 0 Å². The predicted octanol–water partition coefficient (Wildman–Crippen LogP) is 2.99. The SMILES string of the molecule is OC1CCC(n2ccc3cnc4[nH]ccc4c32)CC1. The number of rotatable bonds is 1. The molecular weight excluding hydrogens is 238 g/mol. The molecule has 0 spiro atoms. The highest BCUT2D eigenvalue weighted by atomic mass is 16.3. The Morgan fingerprint density at radius 2 is 2.05 bits per heavy atom. The maximum atomic E-state index is 9.65. The molecular formula is C15H17N3O. The van der Waals surface area contributed by atoms with E-state index >= 15 is 0 Å². The minimum atomic E-state index is -0.105. The van der Waals surface area contributed by atoms with Gasteiger partial charge in [0.05, 0.1) is 11.6 Å². The molecule has 3 heterocycles. The van der Waals surface area contributed by atoms with Crippen LogP contribution in [0.1, 0.15) is 31.7 Å². The van der Waals surface area contributed by atoms with E-state index in [2.05, 4.69) is 32.9 Å². The Bertz CT molecular complexity index is 719. The van der Waals surface area contributed by atoms with Crippen LogP contribution in [0.4, 0.5) is 0 Å². The van der Waals surface area contributed by atoms with E-state index < -0.39 is 0 Å². The average molecular weight is 255 g/mol. The number of H-pyrrole nitrogens is 1. The molecule has 0 saturated heterocycles. The molecule has 4 rings (SSSR count). The molecule has 2 N–H and O–H groups in total. The molecule has 98 valence electrons. The number of aromatic nitrogens is 3. The fourth-order valence-electron chi connectivity index (χ4n) is 3.30. The van der Waals surface area contributed by atoms with Gasteiger partial charge in [-0.15, -0.1) is 0 Å². The minimum Gasteiger partial charge on any atom is -0.393 e. The molecule has 0 atom stereocenters. The van der Waals surface area contributed by atoms with E-state index in [9.17, 15) is 5.11 Å². The molecule has 19 heavy (non-hydrogen) atoms. The lowest BCUT2D eigenvalue weighted by Crippen LogP contribution is -2.20. The van der Waals surface area contributed by atoms with E-state index in [1.54, 1.807) is 0 Å². The first-order valence-corrected chi connectivity index (χ1v) is 6.93. The van der Waals surface area contributed by atoms with Crippen LogP contribution in [0.15, 0.2) is 30.7 Å². The van der Waals surface area contributed by atoms with Crippen LogP contribution in [0.5, 0.6) is 0 Å². The first kappa shape index (κ1) is 11.1. The average Bonchev–Trinajstić information content (AvgIpc) is 3.04. The third kappa shape index (κ3) is 1.67. The van der Waals surface area contributed by atoms with Gasteiger partial charge in [0.15, 0.2) is 0 Å². The van der Waals surface area contributed by atoms with E-state index in [-0.39, 0.29) is 6.10 Å². The molecule has 0 radical (unpaired) electrons. The maximum absolute atomic E-state index is 9.65. The van der Waals surface area contributed by atoms with Gasteiger partial charge in [0.25, 0.3) is 0 Å². The van der Waals surface area contributed by atoms with Gasteiger partial charge in [-0.25, -0.2) is 4.98 Å². The molecule has 1 saturated carbocycles. The van der Waals surface area contributed by atoms with Crippen LogP contribution in [0.2, 0.25) is 0 Å². The third-order valence-corrected chi connectivity index (χ3v) is 4.32. The highest BCUT2D eigenvalue weighted by Crippen LogP contribution is 2.33. The van der Waals surface area contributed by atoms with E-state index in [1.165, 1.54) is 16.3 Å². The van der Waals surface area contributed by atoms with Gasteiger partial charge in [-0.05, 0) is 37.8 Å². The van der Waals surface area contributed by atoms with Crippen molar-refractivity contribution in [1.82, 2.24) is 14.5 Å². The lowest BCUT2D eigenvalue weighted by Gasteiger charge is -2.27. The second-order valence-electron chi connectivity index (χ2n) is 5.49. The largest absolute Gasteiger partial charge is 0.393 e. The van der Waals surface area contributed by atoms with Crippen molar-refractivity contribution < 1.29 is 5.11 Å². The number of nitrogens with one attached hydrogen (secondary N) is 1. The summed E-state index contributed by atoms with van der Waals surface area (Å²) in [5, 5.41) is 12.0. The molecule has 0 bridgehead atoms. The topological polar surface area (TPSA) is 53.8 Å². The zero-order chi connectivity index (χ0) is 12.8. The summed E-state index contributed by atoms with van der Waals surface area (Å²) < 4.78 is 2.37. The Morgan fingerprint density at radius 1 is 1.21 bits per heavy atom. The summed E-state index contributed by atoms with van der Waals surface area (Å²) in [4.78, 5) is 7.61. The van der Waals surface area contributed by atoms with Crippen molar-refractivity contribution in [2.45, 2.75) is 37.8 Å². The quantitative estimate of drug-likeness (QED) is 0.702. The van der Waals surface area contributed by atoms with Crippen molar-refractivity contribution in [2.75, 3.05) is 0 Å². The van der Waals surface area contributed by atoms with E-state index in [4.69, 9.17) is 0 Å². The number of aromatic amines is 1. The fourth-order valence-corrected chi connectivity index (χ4v) is 3.30. The number of fused-ring (bicyclic) bond motifs is 3. The summed E-state index contributed by atoms with van der Waals surface area (Å²) in [5.41, 5.74) is 2.22. The molecule has 1 aliphatic carbocycles. The predicted molar refractivity (Wildman–Crippen MR) is 75.1 cm³/mol. The standard InChI is InChI=1S/C15H17N3O/c19-12-3-1-11(2-4-12)18-8-6-10-9-17-15-13(14(10)18)5-7-16-15/h5-9,11-12,19H,1-4H2,(H,16,17). The Balaban J connectivity index is 1.87. The van der Waals surface area contributed by atoms with Crippen LogP contribution < -0.4 is 0 Å². The molecule has 0 unspecified atom stereocenters. The fraction of sp³-hybridized carbons (Fsp3) is 0.400. The van der Waals surface area contributed by atoms with Crippen molar-refractivity contribution in [1.29, 1.82) is 0 Å². The summed E-state index contributed by atoms with van der Waals surface area (Å²) in [6.07, 6.45) is 9.87. The summed E-state index contributed by atoms with van der Waals surface area (Å²) in [6.45, 7) is 0. The van der Waals surface area contributed by atoms with Crippen molar-refractivity contribution in [3.05, 3.63) is 30.7 Å². The normalized spacial score (nSPS) is 24.3. The third-order valence-electron chi connectivity index (χ3n) is 4.32. The van der Waals surface area contributed by atoms with Crippen LogP contribution in [0.25, 0.3) is 21.9 Å².